The van der Waals surface area contributed by atoms with Crippen LogP contribution >= 0.6 is 27.7 Å². The standard InChI is InChI=1S/C15H24BrNS/c16-11-3-4-13-12(9-11)15(5-7-18-8-6-15)14(17-13)10-1-2-10/h10-14,17H,1-9H2. The lowest BCUT2D eigenvalue weighted by molar-refractivity contribution is 0.117. The van der Waals surface area contributed by atoms with E-state index in [0.717, 1.165) is 28.7 Å². The number of fused-ring (bicyclic) bond motifs is 2. The number of alkyl halides is 1. The molecule has 2 aliphatic carbocycles. The molecular formula is C15H24BrNS. The van der Waals surface area contributed by atoms with Crippen molar-refractivity contribution in [2.45, 2.75) is 61.9 Å². The smallest absolute Gasteiger partial charge is 0.0158 e. The zero-order valence-corrected chi connectivity index (χ0v) is 13.4. The van der Waals surface area contributed by atoms with Crippen LogP contribution in [0.3, 0.4) is 0 Å². The van der Waals surface area contributed by atoms with Gasteiger partial charge in [-0.1, -0.05) is 15.9 Å². The summed E-state index contributed by atoms with van der Waals surface area (Å²) in [5.41, 5.74) is 0.684. The number of halogens is 1. The fourth-order valence-corrected chi connectivity index (χ4v) is 6.97. The molecular weight excluding hydrogens is 306 g/mol. The van der Waals surface area contributed by atoms with E-state index in [9.17, 15) is 0 Å². The van der Waals surface area contributed by atoms with Gasteiger partial charge in [-0.3, -0.25) is 0 Å². The van der Waals surface area contributed by atoms with Crippen LogP contribution in [0.25, 0.3) is 0 Å². The molecule has 0 aromatic rings. The van der Waals surface area contributed by atoms with E-state index in [1.54, 1.807) is 0 Å². The molecule has 2 aliphatic heterocycles. The molecule has 2 saturated carbocycles. The Kier molecular flexibility index (Phi) is 3.25. The summed E-state index contributed by atoms with van der Waals surface area (Å²) < 4.78 is 0. The number of hydrogen-bond donors (Lipinski definition) is 1. The van der Waals surface area contributed by atoms with Gasteiger partial charge in [0.1, 0.15) is 0 Å². The third kappa shape index (κ3) is 1.91. The van der Waals surface area contributed by atoms with Crippen molar-refractivity contribution >= 4 is 27.7 Å². The maximum Gasteiger partial charge on any atom is 0.0158 e. The maximum atomic E-state index is 4.11. The molecule has 0 radical (unpaired) electrons. The fourth-order valence-electron chi connectivity index (χ4n) is 5.05. The molecule has 2 saturated heterocycles. The molecule has 4 fully saturated rings. The topological polar surface area (TPSA) is 12.0 Å². The zero-order valence-electron chi connectivity index (χ0n) is 11.0. The van der Waals surface area contributed by atoms with Crippen LogP contribution in [0.5, 0.6) is 0 Å². The van der Waals surface area contributed by atoms with Gasteiger partial charge in [0.15, 0.2) is 0 Å². The second kappa shape index (κ2) is 4.66. The highest BCUT2D eigenvalue weighted by Crippen LogP contribution is 2.58. The van der Waals surface area contributed by atoms with Crippen molar-refractivity contribution < 1.29 is 0 Å². The fraction of sp³-hybridized carbons (Fsp3) is 1.00. The van der Waals surface area contributed by atoms with Crippen molar-refractivity contribution in [3.63, 3.8) is 0 Å². The average Bonchev–Trinajstić information content (AvgIpc) is 3.18. The monoisotopic (exact) mass is 329 g/mol. The Balaban J connectivity index is 1.65. The third-order valence-electron chi connectivity index (χ3n) is 6.05. The summed E-state index contributed by atoms with van der Waals surface area (Å²) in [6.45, 7) is 0. The second-order valence-electron chi connectivity index (χ2n) is 6.95. The predicted molar refractivity (Wildman–Crippen MR) is 82.5 cm³/mol. The highest BCUT2D eigenvalue weighted by atomic mass is 79.9. The lowest BCUT2D eigenvalue weighted by Gasteiger charge is -2.45. The second-order valence-corrected chi connectivity index (χ2v) is 9.47. The first kappa shape index (κ1) is 12.5. The van der Waals surface area contributed by atoms with Crippen molar-refractivity contribution in [2.75, 3.05) is 11.5 Å². The lowest BCUT2D eigenvalue weighted by atomic mass is 9.63. The summed E-state index contributed by atoms with van der Waals surface area (Å²) >= 11 is 6.10. The Hall–Kier alpha value is 0.790. The Bertz CT molecular complexity index is 324. The molecule has 0 bridgehead atoms. The molecule has 2 heterocycles. The summed E-state index contributed by atoms with van der Waals surface area (Å²) in [6.07, 6.45) is 10.2. The van der Waals surface area contributed by atoms with E-state index in [0.29, 0.717) is 5.41 Å². The number of rotatable bonds is 1. The Morgan fingerprint density at radius 1 is 1.06 bits per heavy atom. The Morgan fingerprint density at radius 3 is 2.56 bits per heavy atom. The van der Waals surface area contributed by atoms with Crippen molar-refractivity contribution in [1.29, 1.82) is 0 Å². The normalized spacial score (nSPS) is 47.2. The van der Waals surface area contributed by atoms with Crippen LogP contribution in [0.1, 0.15) is 44.9 Å². The van der Waals surface area contributed by atoms with Crippen molar-refractivity contribution in [2.24, 2.45) is 17.3 Å². The van der Waals surface area contributed by atoms with Gasteiger partial charge >= 0.3 is 0 Å². The van der Waals surface area contributed by atoms with Gasteiger partial charge in [0.2, 0.25) is 0 Å². The zero-order chi connectivity index (χ0) is 12.2. The van der Waals surface area contributed by atoms with Crippen LogP contribution in [0, 0.1) is 17.3 Å². The molecule has 1 N–H and O–H groups in total. The quantitative estimate of drug-likeness (QED) is 0.734. The van der Waals surface area contributed by atoms with Crippen LogP contribution in [0.2, 0.25) is 0 Å². The van der Waals surface area contributed by atoms with Crippen LogP contribution in [0.4, 0.5) is 0 Å². The lowest BCUT2D eigenvalue weighted by Crippen LogP contribution is -2.44. The van der Waals surface area contributed by atoms with Gasteiger partial charge in [-0.25, -0.2) is 0 Å². The highest BCUT2D eigenvalue weighted by molar-refractivity contribution is 9.09. The summed E-state index contributed by atoms with van der Waals surface area (Å²) in [7, 11) is 0. The van der Waals surface area contributed by atoms with Gasteiger partial charge in [-0.05, 0) is 73.7 Å². The minimum atomic E-state index is 0.684. The van der Waals surface area contributed by atoms with E-state index in [1.807, 2.05) is 0 Å². The van der Waals surface area contributed by atoms with E-state index in [-0.39, 0.29) is 0 Å². The van der Waals surface area contributed by atoms with E-state index in [1.165, 1.54) is 56.5 Å². The number of nitrogens with one attached hydrogen (secondary N) is 1. The molecule has 0 amide bonds. The highest BCUT2D eigenvalue weighted by Gasteiger charge is 2.59. The van der Waals surface area contributed by atoms with Crippen LogP contribution in [-0.2, 0) is 0 Å². The van der Waals surface area contributed by atoms with Gasteiger partial charge in [0.05, 0.1) is 0 Å². The van der Waals surface area contributed by atoms with Gasteiger partial charge in [0, 0.05) is 16.9 Å². The summed E-state index contributed by atoms with van der Waals surface area (Å²) in [5.74, 6) is 4.84. The molecule has 4 unspecified atom stereocenters. The summed E-state index contributed by atoms with van der Waals surface area (Å²) in [4.78, 5) is 0.796. The van der Waals surface area contributed by atoms with Gasteiger partial charge < -0.3 is 5.32 Å². The van der Waals surface area contributed by atoms with Gasteiger partial charge in [0.25, 0.3) is 0 Å². The first-order chi connectivity index (χ1) is 8.79. The molecule has 102 valence electrons. The van der Waals surface area contributed by atoms with Crippen molar-refractivity contribution in [3.05, 3.63) is 0 Å². The molecule has 0 aromatic heterocycles. The summed E-state index contributed by atoms with van der Waals surface area (Å²) in [5, 5.41) is 4.11. The molecule has 0 aromatic carbocycles. The Morgan fingerprint density at radius 2 is 1.83 bits per heavy atom. The molecule has 4 atom stereocenters. The molecule has 1 spiro atoms. The predicted octanol–water partition coefficient (Wildman–Crippen LogP) is 3.81. The van der Waals surface area contributed by atoms with Crippen molar-refractivity contribution in [1.82, 2.24) is 5.32 Å². The van der Waals surface area contributed by atoms with E-state index < -0.39 is 0 Å². The first-order valence-electron chi connectivity index (χ1n) is 7.77. The van der Waals surface area contributed by atoms with E-state index in [2.05, 4.69) is 33.0 Å². The van der Waals surface area contributed by atoms with E-state index in [4.69, 9.17) is 0 Å². The molecule has 4 aliphatic rings. The largest absolute Gasteiger partial charge is 0.310 e. The number of thioether (sulfide) groups is 1. The van der Waals surface area contributed by atoms with Gasteiger partial charge in [-0.15, -0.1) is 0 Å². The molecule has 18 heavy (non-hydrogen) atoms. The third-order valence-corrected chi connectivity index (χ3v) is 7.87. The number of hydrogen-bond acceptors (Lipinski definition) is 2. The average molecular weight is 330 g/mol. The molecule has 1 nitrogen and oxygen atoms in total. The SMILES string of the molecule is BrC1CCC2NC(C3CC3)C3(CCSCC3)C2C1. The minimum Gasteiger partial charge on any atom is -0.310 e. The van der Waals surface area contributed by atoms with Crippen LogP contribution in [-0.4, -0.2) is 28.4 Å². The van der Waals surface area contributed by atoms with Gasteiger partial charge in [-0.2, -0.15) is 11.8 Å². The first-order valence-corrected chi connectivity index (χ1v) is 9.84. The maximum absolute atomic E-state index is 4.11. The van der Waals surface area contributed by atoms with E-state index >= 15 is 0 Å². The summed E-state index contributed by atoms with van der Waals surface area (Å²) in [6, 6.07) is 1.73. The Labute approximate surface area is 123 Å². The van der Waals surface area contributed by atoms with Crippen LogP contribution < -0.4 is 5.32 Å². The molecule has 3 heteroatoms. The minimum absolute atomic E-state index is 0.684. The van der Waals surface area contributed by atoms with Crippen LogP contribution in [0.15, 0.2) is 0 Å². The molecule has 4 rings (SSSR count). The van der Waals surface area contributed by atoms with Crippen molar-refractivity contribution in [3.8, 4) is 0 Å².